The molecule has 0 aromatic heterocycles. The van der Waals surface area contributed by atoms with Crippen molar-refractivity contribution in [2.45, 2.75) is 51.1 Å². The van der Waals surface area contributed by atoms with Gasteiger partial charge in [-0.15, -0.1) is 0 Å². The third-order valence-electron chi connectivity index (χ3n) is 3.74. The van der Waals surface area contributed by atoms with Gasteiger partial charge in [-0.3, -0.25) is 4.90 Å². The molecule has 0 amide bonds. The largest absolute Gasteiger partial charge is 0.326 e. The van der Waals surface area contributed by atoms with Crippen LogP contribution in [0.3, 0.4) is 0 Å². The summed E-state index contributed by atoms with van der Waals surface area (Å²) < 4.78 is 0. The average Bonchev–Trinajstić information content (AvgIpc) is 2.61. The molecule has 2 rings (SSSR count). The summed E-state index contributed by atoms with van der Waals surface area (Å²) in [6, 6.07) is 1.15. The summed E-state index contributed by atoms with van der Waals surface area (Å²) in [5, 5.41) is 0. The minimum atomic E-state index is 0.453. The molecule has 1 saturated carbocycles. The van der Waals surface area contributed by atoms with Crippen LogP contribution in [0.15, 0.2) is 0 Å². The standard InChI is InChI=1S/C11H22N2/c1-9-4-5-10(12)11(8-9)13-6-2-3-7-13/h9-11H,2-8,12H2,1H3. The highest BCUT2D eigenvalue weighted by Gasteiger charge is 2.31. The second-order valence-electron chi connectivity index (χ2n) is 4.89. The van der Waals surface area contributed by atoms with E-state index in [0.717, 1.165) is 5.92 Å². The van der Waals surface area contributed by atoms with Crippen LogP contribution in [0.25, 0.3) is 0 Å². The fourth-order valence-corrected chi connectivity index (χ4v) is 2.87. The van der Waals surface area contributed by atoms with Crippen molar-refractivity contribution in [2.75, 3.05) is 13.1 Å². The Hall–Kier alpha value is -0.0800. The van der Waals surface area contributed by atoms with E-state index in [0.29, 0.717) is 12.1 Å². The highest BCUT2D eigenvalue weighted by Crippen LogP contribution is 2.28. The first kappa shape index (κ1) is 9.47. The second kappa shape index (κ2) is 3.97. The Labute approximate surface area is 81.5 Å². The maximum absolute atomic E-state index is 6.18. The van der Waals surface area contributed by atoms with Gasteiger partial charge in [-0.05, 0) is 51.1 Å². The Balaban J connectivity index is 1.94. The van der Waals surface area contributed by atoms with Crippen molar-refractivity contribution < 1.29 is 0 Å². The molecule has 0 aromatic rings. The Kier molecular flexibility index (Phi) is 2.89. The first-order chi connectivity index (χ1) is 6.27. The van der Waals surface area contributed by atoms with E-state index in [4.69, 9.17) is 5.73 Å². The van der Waals surface area contributed by atoms with Gasteiger partial charge < -0.3 is 5.73 Å². The maximum Gasteiger partial charge on any atom is 0.0249 e. The minimum absolute atomic E-state index is 0.453. The van der Waals surface area contributed by atoms with Gasteiger partial charge in [-0.2, -0.15) is 0 Å². The van der Waals surface area contributed by atoms with E-state index in [2.05, 4.69) is 11.8 Å². The average molecular weight is 182 g/mol. The van der Waals surface area contributed by atoms with Crippen LogP contribution in [0.5, 0.6) is 0 Å². The van der Waals surface area contributed by atoms with E-state index in [1.807, 2.05) is 0 Å². The smallest absolute Gasteiger partial charge is 0.0249 e. The van der Waals surface area contributed by atoms with Crippen molar-refractivity contribution in [3.8, 4) is 0 Å². The summed E-state index contributed by atoms with van der Waals surface area (Å²) in [5.74, 6) is 0.894. The van der Waals surface area contributed by atoms with E-state index in [1.54, 1.807) is 0 Å². The Morgan fingerprint density at radius 2 is 1.85 bits per heavy atom. The number of nitrogens with two attached hydrogens (primary N) is 1. The van der Waals surface area contributed by atoms with Crippen LogP contribution in [0.1, 0.15) is 39.0 Å². The molecule has 0 spiro atoms. The van der Waals surface area contributed by atoms with Crippen LogP contribution in [-0.2, 0) is 0 Å². The van der Waals surface area contributed by atoms with Gasteiger partial charge in [0.1, 0.15) is 0 Å². The molecule has 2 fully saturated rings. The summed E-state index contributed by atoms with van der Waals surface area (Å²) >= 11 is 0. The maximum atomic E-state index is 6.18. The molecule has 2 aliphatic rings. The van der Waals surface area contributed by atoms with Crippen LogP contribution >= 0.6 is 0 Å². The van der Waals surface area contributed by atoms with Crippen LogP contribution in [-0.4, -0.2) is 30.1 Å². The summed E-state index contributed by atoms with van der Waals surface area (Å²) in [4.78, 5) is 2.63. The molecule has 3 atom stereocenters. The van der Waals surface area contributed by atoms with Gasteiger partial charge in [0.15, 0.2) is 0 Å². The van der Waals surface area contributed by atoms with Gasteiger partial charge in [-0.1, -0.05) is 6.92 Å². The summed E-state index contributed by atoms with van der Waals surface area (Å²) in [6.45, 7) is 4.96. The molecule has 2 N–H and O–H groups in total. The molecule has 2 heteroatoms. The molecule has 1 saturated heterocycles. The third-order valence-corrected chi connectivity index (χ3v) is 3.74. The van der Waals surface area contributed by atoms with Gasteiger partial charge in [0.25, 0.3) is 0 Å². The predicted octanol–water partition coefficient (Wildman–Crippen LogP) is 1.60. The third kappa shape index (κ3) is 2.05. The normalized spacial score (nSPS) is 42.5. The lowest BCUT2D eigenvalue weighted by Crippen LogP contribution is -2.49. The molecule has 76 valence electrons. The van der Waals surface area contributed by atoms with Gasteiger partial charge in [-0.25, -0.2) is 0 Å². The van der Waals surface area contributed by atoms with Gasteiger partial charge in [0, 0.05) is 12.1 Å². The van der Waals surface area contributed by atoms with Crippen molar-refractivity contribution in [3.63, 3.8) is 0 Å². The molecule has 1 heterocycles. The highest BCUT2D eigenvalue weighted by atomic mass is 15.2. The Morgan fingerprint density at radius 3 is 2.54 bits per heavy atom. The van der Waals surface area contributed by atoms with Crippen molar-refractivity contribution in [1.82, 2.24) is 4.90 Å². The number of likely N-dealkylation sites (tertiary alicyclic amines) is 1. The molecule has 0 aromatic carbocycles. The zero-order valence-electron chi connectivity index (χ0n) is 8.71. The molecule has 13 heavy (non-hydrogen) atoms. The fraction of sp³-hybridized carbons (Fsp3) is 1.00. The first-order valence-corrected chi connectivity index (χ1v) is 5.77. The van der Waals surface area contributed by atoms with Crippen molar-refractivity contribution in [1.29, 1.82) is 0 Å². The van der Waals surface area contributed by atoms with Gasteiger partial charge in [0.05, 0.1) is 0 Å². The molecule has 3 unspecified atom stereocenters. The molecule has 0 bridgehead atoms. The zero-order chi connectivity index (χ0) is 9.26. The predicted molar refractivity (Wildman–Crippen MR) is 55.6 cm³/mol. The Bertz CT molecular complexity index is 163. The van der Waals surface area contributed by atoms with Crippen molar-refractivity contribution in [3.05, 3.63) is 0 Å². The van der Waals surface area contributed by atoms with Crippen molar-refractivity contribution >= 4 is 0 Å². The molecule has 1 aliphatic heterocycles. The molecule has 2 nitrogen and oxygen atoms in total. The monoisotopic (exact) mass is 182 g/mol. The van der Waals surface area contributed by atoms with E-state index < -0.39 is 0 Å². The molecular formula is C11H22N2. The lowest BCUT2D eigenvalue weighted by Gasteiger charge is -2.38. The summed E-state index contributed by atoms with van der Waals surface area (Å²) in [5.41, 5.74) is 6.18. The number of hydrogen-bond donors (Lipinski definition) is 1. The van der Waals surface area contributed by atoms with E-state index in [-0.39, 0.29) is 0 Å². The summed E-state index contributed by atoms with van der Waals surface area (Å²) in [7, 11) is 0. The number of hydrogen-bond acceptors (Lipinski definition) is 2. The van der Waals surface area contributed by atoms with E-state index in [9.17, 15) is 0 Å². The van der Waals surface area contributed by atoms with Gasteiger partial charge in [0.2, 0.25) is 0 Å². The second-order valence-corrected chi connectivity index (χ2v) is 4.89. The minimum Gasteiger partial charge on any atom is -0.326 e. The fourth-order valence-electron chi connectivity index (χ4n) is 2.87. The highest BCUT2D eigenvalue weighted by molar-refractivity contribution is 4.89. The van der Waals surface area contributed by atoms with Crippen LogP contribution < -0.4 is 5.73 Å². The molecular weight excluding hydrogens is 160 g/mol. The zero-order valence-corrected chi connectivity index (χ0v) is 8.71. The van der Waals surface area contributed by atoms with E-state index >= 15 is 0 Å². The van der Waals surface area contributed by atoms with Crippen LogP contribution in [0, 0.1) is 5.92 Å². The van der Waals surface area contributed by atoms with Gasteiger partial charge >= 0.3 is 0 Å². The first-order valence-electron chi connectivity index (χ1n) is 5.77. The SMILES string of the molecule is CC1CCC(N)C(N2CCCC2)C1. The number of rotatable bonds is 1. The molecule has 0 radical (unpaired) electrons. The molecule has 1 aliphatic carbocycles. The lowest BCUT2D eigenvalue weighted by atomic mass is 9.83. The lowest BCUT2D eigenvalue weighted by molar-refractivity contribution is 0.141. The van der Waals surface area contributed by atoms with Crippen LogP contribution in [0.2, 0.25) is 0 Å². The topological polar surface area (TPSA) is 29.3 Å². The quantitative estimate of drug-likeness (QED) is 0.667. The summed E-state index contributed by atoms with van der Waals surface area (Å²) in [6.07, 6.45) is 6.68. The number of nitrogens with zero attached hydrogens (tertiary/aromatic N) is 1. The van der Waals surface area contributed by atoms with Crippen LogP contribution in [0.4, 0.5) is 0 Å². The van der Waals surface area contributed by atoms with E-state index in [1.165, 1.54) is 45.2 Å². The Morgan fingerprint density at radius 1 is 1.15 bits per heavy atom. The van der Waals surface area contributed by atoms with Crippen molar-refractivity contribution in [2.24, 2.45) is 11.7 Å².